The lowest BCUT2D eigenvalue weighted by Crippen LogP contribution is -2.38. The highest BCUT2D eigenvalue weighted by molar-refractivity contribution is 6.10. The maximum Gasteiger partial charge on any atom is 0.254 e. The lowest BCUT2D eigenvalue weighted by Gasteiger charge is -2.36. The Kier molecular flexibility index (Phi) is 7.69. The van der Waals surface area contributed by atoms with Crippen molar-refractivity contribution in [1.82, 2.24) is 5.32 Å². The standard InChI is InChI=1S/C35H32N2O7/c1-19-31(35(40)37-22-10-12-23(41-2)13-11-22)32(25-18-44-28-8-6-5-7-24(28)34(25)39)33-26(36-19)15-21(16-27(33)38)20-9-14-29(42-3)30(17-20)43-4/h5-14,17-18,21,32,36H,15-16H2,1-4H3,(H,37,40)/t21-,32-/m1/s1. The number of ether oxygens (including phenoxy) is 3. The molecular formula is C35H32N2O7. The number of amides is 1. The van der Waals surface area contributed by atoms with Crippen molar-refractivity contribution in [3.63, 3.8) is 0 Å². The minimum atomic E-state index is -0.927. The number of para-hydroxylation sites is 1. The van der Waals surface area contributed by atoms with Crippen molar-refractivity contribution in [1.29, 1.82) is 0 Å². The van der Waals surface area contributed by atoms with Crippen LogP contribution < -0.4 is 30.3 Å². The van der Waals surface area contributed by atoms with Crippen molar-refractivity contribution in [2.45, 2.75) is 31.6 Å². The van der Waals surface area contributed by atoms with E-state index in [0.717, 1.165) is 5.56 Å². The molecule has 4 aromatic rings. The molecule has 0 spiro atoms. The summed E-state index contributed by atoms with van der Waals surface area (Å²) < 4.78 is 22.0. The first-order valence-corrected chi connectivity index (χ1v) is 14.2. The molecule has 0 unspecified atom stereocenters. The minimum absolute atomic E-state index is 0.148. The van der Waals surface area contributed by atoms with Crippen LogP contribution in [-0.2, 0) is 9.59 Å². The molecule has 6 rings (SSSR count). The molecule has 224 valence electrons. The van der Waals surface area contributed by atoms with Gasteiger partial charge < -0.3 is 29.3 Å². The SMILES string of the molecule is COc1ccc(NC(=O)C2=C(C)NC3=C(C(=O)C[C@H](c4ccc(OC)c(OC)c4)C3)[C@@H]2c2coc3ccccc3c2=O)cc1. The number of methoxy groups -OCH3 is 3. The van der Waals surface area contributed by atoms with Gasteiger partial charge in [-0.15, -0.1) is 0 Å². The number of hydrogen-bond acceptors (Lipinski definition) is 8. The van der Waals surface area contributed by atoms with E-state index in [1.807, 2.05) is 18.2 Å². The molecule has 0 bridgehead atoms. The van der Waals surface area contributed by atoms with Crippen LogP contribution in [-0.4, -0.2) is 33.0 Å². The lowest BCUT2D eigenvalue weighted by atomic mass is 9.71. The molecule has 0 saturated carbocycles. The number of carbonyl (C=O) groups excluding carboxylic acids is 2. The van der Waals surface area contributed by atoms with Gasteiger partial charge in [0.25, 0.3) is 5.91 Å². The number of ketones is 1. The van der Waals surface area contributed by atoms with Crippen LogP contribution >= 0.6 is 0 Å². The summed E-state index contributed by atoms with van der Waals surface area (Å²) in [5.74, 6) is 0.167. The molecule has 1 aromatic heterocycles. The molecule has 2 N–H and O–H groups in total. The first-order chi connectivity index (χ1) is 21.3. The van der Waals surface area contributed by atoms with Crippen molar-refractivity contribution in [2.24, 2.45) is 0 Å². The Bertz CT molecular complexity index is 1900. The number of fused-ring (bicyclic) bond motifs is 1. The predicted molar refractivity (Wildman–Crippen MR) is 166 cm³/mol. The number of rotatable bonds is 7. The van der Waals surface area contributed by atoms with Crippen molar-refractivity contribution < 1.29 is 28.2 Å². The van der Waals surface area contributed by atoms with Gasteiger partial charge in [-0.3, -0.25) is 14.4 Å². The van der Waals surface area contributed by atoms with E-state index in [-0.39, 0.29) is 34.7 Å². The van der Waals surface area contributed by atoms with Crippen LogP contribution in [0.15, 0.2) is 105 Å². The van der Waals surface area contributed by atoms with Crippen LogP contribution in [0.5, 0.6) is 17.2 Å². The Hall–Kier alpha value is -5.31. The molecule has 9 nitrogen and oxygen atoms in total. The molecule has 44 heavy (non-hydrogen) atoms. The third-order valence-corrected chi connectivity index (χ3v) is 8.32. The number of dihydropyridines is 1. The molecule has 1 aliphatic carbocycles. The van der Waals surface area contributed by atoms with Gasteiger partial charge in [0, 0.05) is 40.2 Å². The van der Waals surface area contributed by atoms with E-state index >= 15 is 0 Å². The molecule has 2 aliphatic rings. The first-order valence-electron chi connectivity index (χ1n) is 14.2. The summed E-state index contributed by atoms with van der Waals surface area (Å²) in [6.45, 7) is 1.78. The summed E-state index contributed by atoms with van der Waals surface area (Å²) in [7, 11) is 4.71. The van der Waals surface area contributed by atoms with E-state index < -0.39 is 11.8 Å². The van der Waals surface area contributed by atoms with Crippen LogP contribution in [0.3, 0.4) is 0 Å². The van der Waals surface area contributed by atoms with E-state index in [1.54, 1.807) is 76.8 Å². The molecule has 1 amide bonds. The Morgan fingerprint density at radius 2 is 1.66 bits per heavy atom. The average Bonchev–Trinajstić information content (AvgIpc) is 3.04. The van der Waals surface area contributed by atoms with E-state index in [0.29, 0.717) is 57.3 Å². The van der Waals surface area contributed by atoms with Crippen molar-refractivity contribution in [3.8, 4) is 17.2 Å². The monoisotopic (exact) mass is 592 g/mol. The first kappa shape index (κ1) is 28.8. The van der Waals surface area contributed by atoms with Gasteiger partial charge in [-0.1, -0.05) is 18.2 Å². The highest BCUT2D eigenvalue weighted by atomic mass is 16.5. The number of nitrogens with one attached hydrogen (secondary N) is 2. The van der Waals surface area contributed by atoms with Crippen LogP contribution in [0.2, 0.25) is 0 Å². The van der Waals surface area contributed by atoms with E-state index in [2.05, 4.69) is 10.6 Å². The maximum absolute atomic E-state index is 14.1. The zero-order chi connectivity index (χ0) is 31.0. The molecule has 3 aromatic carbocycles. The van der Waals surface area contributed by atoms with Gasteiger partial charge in [0.1, 0.15) is 11.3 Å². The minimum Gasteiger partial charge on any atom is -0.497 e. The van der Waals surface area contributed by atoms with Crippen LogP contribution in [0.25, 0.3) is 11.0 Å². The van der Waals surface area contributed by atoms with Gasteiger partial charge in [-0.25, -0.2) is 0 Å². The van der Waals surface area contributed by atoms with Crippen LogP contribution in [0, 0.1) is 0 Å². The van der Waals surface area contributed by atoms with Gasteiger partial charge in [0.2, 0.25) is 0 Å². The van der Waals surface area contributed by atoms with Gasteiger partial charge >= 0.3 is 0 Å². The second-order valence-electron chi connectivity index (χ2n) is 10.8. The van der Waals surface area contributed by atoms with Gasteiger partial charge in [0.05, 0.1) is 38.9 Å². The molecule has 2 heterocycles. The van der Waals surface area contributed by atoms with Crippen molar-refractivity contribution in [2.75, 3.05) is 26.6 Å². The molecule has 1 aliphatic heterocycles. The molecule has 9 heteroatoms. The lowest BCUT2D eigenvalue weighted by molar-refractivity contribution is -0.116. The van der Waals surface area contributed by atoms with Gasteiger partial charge in [-0.05, 0) is 73.4 Å². The Morgan fingerprint density at radius 3 is 2.39 bits per heavy atom. The fourth-order valence-corrected chi connectivity index (χ4v) is 6.16. The third kappa shape index (κ3) is 5.10. The summed E-state index contributed by atoms with van der Waals surface area (Å²) >= 11 is 0. The molecule has 0 saturated heterocycles. The molecule has 0 fully saturated rings. The second-order valence-corrected chi connectivity index (χ2v) is 10.8. The van der Waals surface area contributed by atoms with E-state index in [1.165, 1.54) is 6.26 Å². The smallest absolute Gasteiger partial charge is 0.254 e. The number of benzene rings is 3. The highest BCUT2D eigenvalue weighted by Gasteiger charge is 2.42. The van der Waals surface area contributed by atoms with Gasteiger partial charge in [-0.2, -0.15) is 0 Å². The number of hydrogen-bond donors (Lipinski definition) is 2. The second kappa shape index (κ2) is 11.8. The van der Waals surface area contributed by atoms with E-state index in [9.17, 15) is 14.4 Å². The number of Topliss-reactive ketones (excluding diaryl/α,β-unsaturated/α-hetero) is 1. The van der Waals surface area contributed by atoms with Gasteiger partial charge in [0.15, 0.2) is 22.7 Å². The largest absolute Gasteiger partial charge is 0.497 e. The summed E-state index contributed by atoms with van der Waals surface area (Å²) in [5, 5.41) is 6.67. The quantitative estimate of drug-likeness (QED) is 0.276. The average molecular weight is 593 g/mol. The van der Waals surface area contributed by atoms with Crippen molar-refractivity contribution >= 4 is 28.3 Å². The summed E-state index contributed by atoms with van der Waals surface area (Å²) in [6, 6.07) is 19.5. The zero-order valence-electron chi connectivity index (χ0n) is 24.9. The molecular weight excluding hydrogens is 560 g/mol. The number of anilines is 1. The fraction of sp³-hybridized carbons (Fsp3) is 0.229. The highest BCUT2D eigenvalue weighted by Crippen LogP contribution is 2.46. The van der Waals surface area contributed by atoms with Crippen LogP contribution in [0.1, 0.15) is 42.7 Å². The molecule has 2 atom stereocenters. The van der Waals surface area contributed by atoms with Crippen LogP contribution in [0.4, 0.5) is 5.69 Å². The third-order valence-electron chi connectivity index (χ3n) is 8.32. The Labute approximate surface area is 254 Å². The predicted octanol–water partition coefficient (Wildman–Crippen LogP) is 5.82. The normalized spacial score (nSPS) is 18.0. The topological polar surface area (TPSA) is 116 Å². The molecule has 0 radical (unpaired) electrons. The van der Waals surface area contributed by atoms with Crippen molar-refractivity contribution in [3.05, 3.63) is 117 Å². The van der Waals surface area contributed by atoms with E-state index in [4.69, 9.17) is 18.6 Å². The number of carbonyl (C=O) groups is 2. The summed E-state index contributed by atoms with van der Waals surface area (Å²) in [4.78, 5) is 42.0. The Morgan fingerprint density at radius 1 is 0.909 bits per heavy atom. The number of allylic oxidation sites excluding steroid dienone is 3. The zero-order valence-corrected chi connectivity index (χ0v) is 24.9. The summed E-state index contributed by atoms with van der Waals surface area (Å²) in [6.07, 6.45) is 2.07. The Balaban J connectivity index is 1.45. The maximum atomic E-state index is 14.1. The summed E-state index contributed by atoms with van der Waals surface area (Å²) in [5.41, 5.74) is 3.75. The fourth-order valence-electron chi connectivity index (χ4n) is 6.16.